The van der Waals surface area contributed by atoms with Gasteiger partial charge in [0.05, 0.1) is 31.0 Å². The third-order valence-corrected chi connectivity index (χ3v) is 5.16. The molecule has 0 aromatic rings. The van der Waals surface area contributed by atoms with Crippen LogP contribution in [0.3, 0.4) is 0 Å². The van der Waals surface area contributed by atoms with Gasteiger partial charge in [-0.05, 0) is 20.3 Å². The van der Waals surface area contributed by atoms with Gasteiger partial charge in [-0.25, -0.2) is 4.79 Å². The summed E-state index contributed by atoms with van der Waals surface area (Å²) in [5.41, 5.74) is -0.420. The van der Waals surface area contributed by atoms with E-state index in [1.165, 1.54) is 20.3 Å². The van der Waals surface area contributed by atoms with Gasteiger partial charge in [0.2, 0.25) is 12.2 Å². The first kappa shape index (κ1) is 18.2. The average molecular weight is 355 g/mol. The van der Waals surface area contributed by atoms with E-state index in [4.69, 9.17) is 23.7 Å². The van der Waals surface area contributed by atoms with Crippen molar-refractivity contribution in [1.29, 1.82) is 0 Å². The van der Waals surface area contributed by atoms with Crippen LogP contribution in [0.15, 0.2) is 11.8 Å². The second kappa shape index (κ2) is 6.26. The molecular weight excluding hydrogens is 330 g/mol. The first-order chi connectivity index (χ1) is 11.7. The summed E-state index contributed by atoms with van der Waals surface area (Å²) < 4.78 is 28.4. The second-order valence-electron chi connectivity index (χ2n) is 7.15. The number of rotatable bonds is 4. The Kier molecular flexibility index (Phi) is 4.55. The van der Waals surface area contributed by atoms with Crippen molar-refractivity contribution in [2.45, 2.75) is 51.0 Å². The van der Waals surface area contributed by atoms with Crippen molar-refractivity contribution in [1.82, 2.24) is 5.32 Å². The molecule has 140 valence electrons. The van der Waals surface area contributed by atoms with Gasteiger partial charge in [-0.2, -0.15) is 0 Å². The van der Waals surface area contributed by atoms with Crippen LogP contribution in [0.4, 0.5) is 0 Å². The van der Waals surface area contributed by atoms with Crippen LogP contribution in [-0.4, -0.2) is 56.4 Å². The minimum atomic E-state index is -0.853. The number of methoxy groups -OCH3 is 2. The molecule has 0 bridgehead atoms. The van der Waals surface area contributed by atoms with Crippen LogP contribution in [0, 0.1) is 11.8 Å². The highest BCUT2D eigenvalue weighted by atomic mass is 16.8. The van der Waals surface area contributed by atoms with Crippen LogP contribution in [0.2, 0.25) is 0 Å². The molecule has 5 unspecified atom stereocenters. The second-order valence-corrected chi connectivity index (χ2v) is 7.15. The molecular formula is C17H25NO7. The van der Waals surface area contributed by atoms with E-state index in [0.717, 1.165) is 0 Å². The lowest BCUT2D eigenvalue weighted by atomic mass is 9.79. The Labute approximate surface area is 146 Å². The molecule has 1 saturated heterocycles. The fraction of sp³-hybridized carbons (Fsp3) is 0.765. The Morgan fingerprint density at radius 3 is 2.68 bits per heavy atom. The monoisotopic (exact) mass is 355 g/mol. The van der Waals surface area contributed by atoms with Crippen LogP contribution in [0.1, 0.15) is 27.2 Å². The van der Waals surface area contributed by atoms with Crippen LogP contribution < -0.4 is 5.32 Å². The number of esters is 1. The van der Waals surface area contributed by atoms with Crippen molar-refractivity contribution in [3.63, 3.8) is 0 Å². The van der Waals surface area contributed by atoms with Gasteiger partial charge in [0, 0.05) is 26.5 Å². The topological polar surface area (TPSA) is 92.3 Å². The minimum absolute atomic E-state index is 0.167. The molecule has 1 aliphatic carbocycles. The summed E-state index contributed by atoms with van der Waals surface area (Å²) in [6.45, 7) is 5.36. The third-order valence-electron chi connectivity index (χ3n) is 5.16. The van der Waals surface area contributed by atoms with Gasteiger partial charge < -0.3 is 29.0 Å². The largest absolute Gasteiger partial charge is 0.472 e. The van der Waals surface area contributed by atoms with Crippen molar-refractivity contribution < 1.29 is 33.3 Å². The summed E-state index contributed by atoms with van der Waals surface area (Å²) in [7, 11) is 2.87. The van der Waals surface area contributed by atoms with Gasteiger partial charge >= 0.3 is 5.97 Å². The van der Waals surface area contributed by atoms with Gasteiger partial charge in [-0.3, -0.25) is 4.79 Å². The summed E-state index contributed by atoms with van der Waals surface area (Å²) in [4.78, 5) is 23.7. The lowest BCUT2D eigenvalue weighted by Gasteiger charge is -2.41. The molecule has 1 amide bonds. The SMILES string of the molecule is COC(=O)C1=COC(OC)C2C1CC1OC(C)(C)OC12CNC(C)=O. The van der Waals surface area contributed by atoms with Crippen molar-refractivity contribution in [2.75, 3.05) is 20.8 Å². The van der Waals surface area contributed by atoms with Gasteiger partial charge in [0.25, 0.3) is 0 Å². The number of fused-ring (bicyclic) bond motifs is 3. The van der Waals surface area contributed by atoms with Crippen molar-refractivity contribution in [3.05, 3.63) is 11.8 Å². The predicted octanol–water partition coefficient (Wildman–Crippen LogP) is 0.708. The maximum absolute atomic E-state index is 12.2. The fourth-order valence-electron chi connectivity index (χ4n) is 4.34. The standard InChI is InChI=1S/C17H25NO7/c1-9(19)18-8-17-12(24-16(2,3)25-17)6-10-11(14(20)21-4)7-23-15(22-5)13(10)17/h7,10,12-13,15H,6,8H2,1-5H3,(H,18,19). The van der Waals surface area contributed by atoms with E-state index in [1.54, 1.807) is 7.11 Å². The highest BCUT2D eigenvalue weighted by molar-refractivity contribution is 5.89. The number of hydrogen-bond donors (Lipinski definition) is 1. The Balaban J connectivity index is 2.01. The maximum atomic E-state index is 12.2. The predicted molar refractivity (Wildman–Crippen MR) is 85.0 cm³/mol. The zero-order valence-corrected chi connectivity index (χ0v) is 15.2. The van der Waals surface area contributed by atoms with Gasteiger partial charge in [0.15, 0.2) is 5.79 Å². The van der Waals surface area contributed by atoms with Gasteiger partial charge in [-0.15, -0.1) is 0 Å². The Hall–Kier alpha value is -1.64. The van der Waals surface area contributed by atoms with E-state index in [0.29, 0.717) is 12.0 Å². The first-order valence-electron chi connectivity index (χ1n) is 8.33. The van der Waals surface area contributed by atoms with Crippen LogP contribution in [-0.2, 0) is 33.3 Å². The van der Waals surface area contributed by atoms with Crippen LogP contribution in [0.5, 0.6) is 0 Å². The normalized spacial score (nSPS) is 38.2. The smallest absolute Gasteiger partial charge is 0.337 e. The highest BCUT2D eigenvalue weighted by Gasteiger charge is 2.68. The molecule has 1 N–H and O–H groups in total. The molecule has 25 heavy (non-hydrogen) atoms. The molecule has 3 aliphatic rings. The quantitative estimate of drug-likeness (QED) is 0.743. The number of nitrogens with one attached hydrogen (secondary N) is 1. The highest BCUT2D eigenvalue weighted by Crippen LogP contribution is 2.57. The van der Waals surface area contributed by atoms with Crippen LogP contribution in [0.25, 0.3) is 0 Å². The Morgan fingerprint density at radius 1 is 1.36 bits per heavy atom. The van der Waals surface area contributed by atoms with Crippen molar-refractivity contribution in [2.24, 2.45) is 11.8 Å². The summed E-state index contributed by atoms with van der Waals surface area (Å²) in [5, 5.41) is 2.83. The summed E-state index contributed by atoms with van der Waals surface area (Å²) in [6.07, 6.45) is 1.03. The van der Waals surface area contributed by atoms with E-state index in [-0.39, 0.29) is 30.4 Å². The summed E-state index contributed by atoms with van der Waals surface area (Å²) in [6, 6.07) is 0. The number of carbonyl (C=O) groups is 2. The maximum Gasteiger partial charge on any atom is 0.337 e. The van der Waals surface area contributed by atoms with Crippen LogP contribution >= 0.6 is 0 Å². The molecule has 2 fully saturated rings. The third kappa shape index (κ3) is 2.92. The first-order valence-corrected chi connectivity index (χ1v) is 8.33. The van der Waals surface area contributed by atoms with E-state index in [2.05, 4.69) is 5.32 Å². The molecule has 0 radical (unpaired) electrons. The van der Waals surface area contributed by atoms with E-state index < -0.39 is 23.6 Å². The molecule has 2 heterocycles. The molecule has 8 nitrogen and oxygen atoms in total. The molecule has 1 saturated carbocycles. The van der Waals surface area contributed by atoms with Crippen molar-refractivity contribution >= 4 is 11.9 Å². The summed E-state index contributed by atoms with van der Waals surface area (Å²) in [5.74, 6) is -1.95. The molecule has 0 aromatic heterocycles. The number of hydrogen-bond acceptors (Lipinski definition) is 7. The Morgan fingerprint density at radius 2 is 2.08 bits per heavy atom. The minimum Gasteiger partial charge on any atom is -0.472 e. The number of carbonyl (C=O) groups excluding carboxylic acids is 2. The lowest BCUT2D eigenvalue weighted by molar-refractivity contribution is -0.224. The number of amides is 1. The Bertz CT molecular complexity index is 602. The molecule has 2 aliphatic heterocycles. The molecule has 0 aromatic carbocycles. The lowest BCUT2D eigenvalue weighted by Crippen LogP contribution is -2.56. The van der Waals surface area contributed by atoms with Crippen molar-refractivity contribution in [3.8, 4) is 0 Å². The molecule has 0 spiro atoms. The summed E-state index contributed by atoms with van der Waals surface area (Å²) >= 11 is 0. The molecule has 3 rings (SSSR count). The number of ether oxygens (including phenoxy) is 5. The van der Waals surface area contributed by atoms with E-state index >= 15 is 0 Å². The van der Waals surface area contributed by atoms with E-state index in [9.17, 15) is 9.59 Å². The fourth-order valence-corrected chi connectivity index (χ4v) is 4.34. The molecule has 8 heteroatoms. The average Bonchev–Trinajstić information content (AvgIpc) is 2.98. The molecule has 5 atom stereocenters. The van der Waals surface area contributed by atoms with E-state index in [1.807, 2.05) is 13.8 Å². The van der Waals surface area contributed by atoms with Gasteiger partial charge in [-0.1, -0.05) is 0 Å². The zero-order valence-electron chi connectivity index (χ0n) is 15.2. The van der Waals surface area contributed by atoms with Gasteiger partial charge in [0.1, 0.15) is 5.60 Å². The zero-order chi connectivity index (χ0) is 18.4.